The van der Waals surface area contributed by atoms with Crippen molar-refractivity contribution in [1.82, 2.24) is 4.76 Å². The molecular formula is C24H20FN2O5S+. The number of benzene rings is 3. The van der Waals surface area contributed by atoms with Gasteiger partial charge >= 0.3 is 5.91 Å². The average Bonchev–Trinajstić information content (AvgIpc) is 2.81. The highest BCUT2D eigenvalue weighted by Gasteiger charge is 2.46. The van der Waals surface area contributed by atoms with Gasteiger partial charge in [-0.15, -0.1) is 0 Å². The summed E-state index contributed by atoms with van der Waals surface area (Å²) in [6.07, 6.45) is 2.42. The molecule has 2 N–H and O–H groups in total. The smallest absolute Gasteiger partial charge is 0.392 e. The molecule has 1 amide bonds. The van der Waals surface area contributed by atoms with Gasteiger partial charge in [-0.05, 0) is 46.1 Å². The van der Waals surface area contributed by atoms with E-state index in [4.69, 9.17) is 0 Å². The van der Waals surface area contributed by atoms with Gasteiger partial charge in [-0.3, -0.25) is 0 Å². The number of aliphatic hydroxyl groups excluding tert-OH is 1. The number of hydroxylamine groups is 1. The SMILES string of the molecule is CS(=O)(=O)c1ccc(C2=C(c3ccc(F)cc3)C(=O)[N+](O)(c3ccc(CO)cc3)N=C2)cc1. The molecule has 0 saturated carbocycles. The molecule has 1 aliphatic rings. The van der Waals surface area contributed by atoms with Crippen molar-refractivity contribution in [2.45, 2.75) is 11.5 Å². The standard InChI is InChI=1S/C24H20FN2O5S/c1-33(31,32)21-12-6-17(7-13-21)22-14-26-27(30,20-10-2-16(15-28)3-11-20)24(29)23(22)18-4-8-19(25)9-5-18/h2-14,28,30H,15H2,1H3/q+1. The molecule has 9 heteroatoms. The van der Waals surface area contributed by atoms with Crippen molar-refractivity contribution in [3.63, 3.8) is 0 Å². The molecule has 0 aliphatic carbocycles. The first-order valence-corrected chi connectivity index (χ1v) is 11.8. The second kappa shape index (κ2) is 8.45. The molecule has 3 aromatic carbocycles. The van der Waals surface area contributed by atoms with E-state index in [0.29, 0.717) is 22.3 Å². The van der Waals surface area contributed by atoms with Crippen LogP contribution in [0.2, 0.25) is 0 Å². The van der Waals surface area contributed by atoms with Crippen LogP contribution in [0, 0.1) is 5.82 Å². The number of carbonyl (C=O) groups is 1. The van der Waals surface area contributed by atoms with E-state index in [1.54, 1.807) is 24.3 Å². The highest BCUT2D eigenvalue weighted by molar-refractivity contribution is 7.90. The van der Waals surface area contributed by atoms with Crippen molar-refractivity contribution in [1.29, 1.82) is 0 Å². The molecular weight excluding hydrogens is 447 g/mol. The molecule has 0 bridgehead atoms. The van der Waals surface area contributed by atoms with E-state index in [9.17, 15) is 27.9 Å². The van der Waals surface area contributed by atoms with Crippen molar-refractivity contribution in [3.05, 3.63) is 95.3 Å². The van der Waals surface area contributed by atoms with Gasteiger partial charge < -0.3 is 5.11 Å². The van der Waals surface area contributed by atoms with E-state index in [-0.39, 0.29) is 22.8 Å². The lowest BCUT2D eigenvalue weighted by Crippen LogP contribution is -2.48. The lowest BCUT2D eigenvalue weighted by molar-refractivity contribution is -0.154. The van der Waals surface area contributed by atoms with Crippen LogP contribution in [-0.4, -0.2) is 37.1 Å². The maximum atomic E-state index is 13.6. The first kappa shape index (κ1) is 22.7. The maximum Gasteiger partial charge on any atom is 0.411 e. The number of amides is 1. The van der Waals surface area contributed by atoms with E-state index >= 15 is 0 Å². The molecule has 0 radical (unpaired) electrons. The zero-order chi connectivity index (χ0) is 23.8. The molecule has 7 nitrogen and oxygen atoms in total. The number of aliphatic hydroxyl groups is 1. The molecule has 0 saturated heterocycles. The summed E-state index contributed by atoms with van der Waals surface area (Å²) in [6, 6.07) is 17.3. The zero-order valence-corrected chi connectivity index (χ0v) is 18.3. The summed E-state index contributed by atoms with van der Waals surface area (Å²) < 4.78 is 35.8. The second-order valence-corrected chi connectivity index (χ2v) is 9.58. The predicted molar refractivity (Wildman–Crippen MR) is 122 cm³/mol. The molecule has 1 unspecified atom stereocenters. The Hall–Kier alpha value is -3.50. The third-order valence-corrected chi connectivity index (χ3v) is 6.45. The zero-order valence-electron chi connectivity index (χ0n) is 17.5. The Labute approximate surface area is 189 Å². The lowest BCUT2D eigenvalue weighted by atomic mass is 9.93. The molecule has 168 valence electrons. The van der Waals surface area contributed by atoms with Gasteiger partial charge in [-0.25, -0.2) is 17.6 Å². The van der Waals surface area contributed by atoms with Gasteiger partial charge in [-0.2, -0.15) is 5.21 Å². The van der Waals surface area contributed by atoms with Crippen LogP contribution in [0.4, 0.5) is 10.1 Å². The van der Waals surface area contributed by atoms with Crippen LogP contribution in [0.25, 0.3) is 11.1 Å². The fraction of sp³-hybridized carbons (Fsp3) is 0.0833. The van der Waals surface area contributed by atoms with Gasteiger partial charge in [-0.1, -0.05) is 36.4 Å². The molecule has 33 heavy (non-hydrogen) atoms. The Kier molecular flexibility index (Phi) is 5.81. The Morgan fingerprint density at radius 3 is 2.03 bits per heavy atom. The monoisotopic (exact) mass is 467 g/mol. The average molecular weight is 467 g/mol. The number of allylic oxidation sites excluding steroid dienone is 1. The topological polar surface area (TPSA) is 104 Å². The highest BCUT2D eigenvalue weighted by Crippen LogP contribution is 2.36. The third-order valence-electron chi connectivity index (χ3n) is 5.33. The number of hydrogen-bond donors (Lipinski definition) is 2. The van der Waals surface area contributed by atoms with Crippen molar-refractivity contribution in [2.75, 3.05) is 6.26 Å². The Balaban J connectivity index is 1.88. The summed E-state index contributed by atoms with van der Waals surface area (Å²) in [5.41, 5.74) is 2.05. The van der Waals surface area contributed by atoms with Gasteiger partial charge in [0.1, 0.15) is 11.4 Å². The van der Waals surface area contributed by atoms with Crippen LogP contribution in [0.15, 0.2) is 82.8 Å². The number of hydrogen-bond acceptors (Lipinski definition) is 6. The van der Waals surface area contributed by atoms with Crippen LogP contribution in [0.1, 0.15) is 16.7 Å². The summed E-state index contributed by atoms with van der Waals surface area (Å²) in [5.74, 6) is -1.26. The van der Waals surface area contributed by atoms with Crippen LogP contribution in [0.3, 0.4) is 0 Å². The van der Waals surface area contributed by atoms with Crippen LogP contribution >= 0.6 is 0 Å². The van der Waals surface area contributed by atoms with Gasteiger partial charge in [0.25, 0.3) is 0 Å². The number of carbonyl (C=O) groups excluding carboxylic acids is 1. The number of sulfone groups is 1. The van der Waals surface area contributed by atoms with Gasteiger partial charge in [0.15, 0.2) is 9.84 Å². The van der Waals surface area contributed by atoms with Crippen LogP contribution in [-0.2, 0) is 21.2 Å². The molecule has 1 atom stereocenters. The number of halogens is 1. The first-order chi connectivity index (χ1) is 15.6. The van der Waals surface area contributed by atoms with E-state index in [1.165, 1.54) is 54.7 Å². The predicted octanol–water partition coefficient (Wildman–Crippen LogP) is 3.56. The number of nitrogens with zero attached hydrogens (tertiary/aromatic N) is 2. The van der Waals surface area contributed by atoms with Crippen LogP contribution < -0.4 is 4.76 Å². The summed E-state index contributed by atoms with van der Waals surface area (Å²) in [7, 11) is -3.41. The van der Waals surface area contributed by atoms with Crippen LogP contribution in [0.5, 0.6) is 0 Å². The van der Waals surface area contributed by atoms with E-state index in [1.807, 2.05) is 0 Å². The lowest BCUT2D eigenvalue weighted by Gasteiger charge is -2.26. The second-order valence-electron chi connectivity index (χ2n) is 7.57. The summed E-state index contributed by atoms with van der Waals surface area (Å²) in [5, 5.41) is 24.6. The quantitative estimate of drug-likeness (QED) is 0.441. The minimum absolute atomic E-state index is 0.0887. The third kappa shape index (κ3) is 4.27. The molecule has 1 aliphatic heterocycles. The summed E-state index contributed by atoms with van der Waals surface area (Å²) in [6.45, 7) is -0.197. The van der Waals surface area contributed by atoms with Crippen molar-refractivity contribution in [3.8, 4) is 0 Å². The number of quaternary nitrogens is 1. The normalized spacial score (nSPS) is 18.6. The highest BCUT2D eigenvalue weighted by atomic mass is 32.2. The van der Waals surface area contributed by atoms with E-state index in [2.05, 4.69) is 5.10 Å². The van der Waals surface area contributed by atoms with Gasteiger partial charge in [0.05, 0.1) is 17.7 Å². The molecule has 0 aromatic heterocycles. The largest absolute Gasteiger partial charge is 0.411 e. The Morgan fingerprint density at radius 1 is 0.909 bits per heavy atom. The molecule has 1 heterocycles. The Bertz CT molecular complexity index is 1380. The summed E-state index contributed by atoms with van der Waals surface area (Å²) in [4.78, 5) is 13.7. The summed E-state index contributed by atoms with van der Waals surface area (Å²) >= 11 is 0. The van der Waals surface area contributed by atoms with E-state index < -0.39 is 26.3 Å². The molecule has 0 fully saturated rings. The van der Waals surface area contributed by atoms with E-state index in [0.717, 1.165) is 6.26 Å². The maximum absolute atomic E-state index is 13.6. The fourth-order valence-electron chi connectivity index (χ4n) is 3.52. The fourth-order valence-corrected chi connectivity index (χ4v) is 4.15. The minimum Gasteiger partial charge on any atom is -0.392 e. The van der Waals surface area contributed by atoms with Crippen molar-refractivity contribution in [2.24, 2.45) is 5.10 Å². The minimum atomic E-state index is -3.41. The van der Waals surface area contributed by atoms with Gasteiger partial charge in [0, 0.05) is 28.7 Å². The molecule has 4 rings (SSSR count). The van der Waals surface area contributed by atoms with Gasteiger partial charge in [0.2, 0.25) is 5.69 Å². The molecule has 0 spiro atoms. The number of rotatable bonds is 5. The molecule has 3 aromatic rings. The Morgan fingerprint density at radius 2 is 1.48 bits per heavy atom. The first-order valence-electron chi connectivity index (χ1n) is 9.87. The van der Waals surface area contributed by atoms with Crippen molar-refractivity contribution >= 4 is 38.8 Å². The van der Waals surface area contributed by atoms with Crippen molar-refractivity contribution < 1.29 is 27.9 Å².